The first kappa shape index (κ1) is 28.5. The molecule has 0 aliphatic carbocycles. The van der Waals surface area contributed by atoms with E-state index < -0.39 is 6.04 Å². The number of unbranched alkanes of at least 4 members (excludes halogenated alkanes) is 1. The van der Waals surface area contributed by atoms with E-state index >= 15 is 0 Å². The van der Waals surface area contributed by atoms with Gasteiger partial charge in [-0.25, -0.2) is 0 Å². The Morgan fingerprint density at radius 1 is 1.05 bits per heavy atom. The van der Waals surface area contributed by atoms with E-state index in [0.29, 0.717) is 61.2 Å². The molecule has 8 heteroatoms. The second-order valence-corrected chi connectivity index (χ2v) is 10.4. The molecule has 1 aliphatic rings. The van der Waals surface area contributed by atoms with Crippen molar-refractivity contribution >= 4 is 5.91 Å². The van der Waals surface area contributed by atoms with Crippen LogP contribution in [0.2, 0.25) is 0 Å². The molecular formula is C31H41N3O5. The van der Waals surface area contributed by atoms with Gasteiger partial charge in [-0.1, -0.05) is 25.5 Å². The van der Waals surface area contributed by atoms with Crippen LogP contribution in [0.25, 0.3) is 11.3 Å². The minimum absolute atomic E-state index is 0.121. The maximum atomic E-state index is 13.7. The van der Waals surface area contributed by atoms with Gasteiger partial charge in [0.15, 0.2) is 11.5 Å². The van der Waals surface area contributed by atoms with Gasteiger partial charge in [-0.2, -0.15) is 5.10 Å². The lowest BCUT2D eigenvalue weighted by Crippen LogP contribution is -2.31. The summed E-state index contributed by atoms with van der Waals surface area (Å²) in [5.74, 6) is 1.36. The molecule has 2 heterocycles. The summed E-state index contributed by atoms with van der Waals surface area (Å²) >= 11 is 0. The van der Waals surface area contributed by atoms with E-state index in [9.17, 15) is 9.90 Å². The maximum absolute atomic E-state index is 13.7. The molecule has 0 bridgehead atoms. The number of aromatic hydroxyl groups is 1. The molecular weight excluding hydrogens is 494 g/mol. The number of benzene rings is 2. The van der Waals surface area contributed by atoms with Crippen molar-refractivity contribution in [2.45, 2.75) is 73.0 Å². The lowest BCUT2D eigenvalue weighted by atomic mass is 9.93. The largest absolute Gasteiger partial charge is 0.507 e. The molecule has 2 N–H and O–H groups in total. The summed E-state index contributed by atoms with van der Waals surface area (Å²) < 4.78 is 17.8. The van der Waals surface area contributed by atoms with Crippen LogP contribution in [0.1, 0.15) is 85.7 Å². The highest BCUT2D eigenvalue weighted by atomic mass is 16.5. The van der Waals surface area contributed by atoms with Gasteiger partial charge in [0.05, 0.1) is 25.4 Å². The van der Waals surface area contributed by atoms with Crippen LogP contribution in [0.5, 0.6) is 17.2 Å². The number of aryl methyl sites for hydroxylation is 2. The van der Waals surface area contributed by atoms with E-state index in [0.717, 1.165) is 35.1 Å². The lowest BCUT2D eigenvalue weighted by molar-refractivity contribution is 0.0601. The number of rotatable bonds is 13. The molecule has 0 saturated carbocycles. The van der Waals surface area contributed by atoms with E-state index in [4.69, 9.17) is 14.2 Å². The zero-order valence-electron chi connectivity index (χ0n) is 24.0. The van der Waals surface area contributed by atoms with Gasteiger partial charge >= 0.3 is 0 Å². The van der Waals surface area contributed by atoms with Gasteiger partial charge in [0.1, 0.15) is 17.1 Å². The summed E-state index contributed by atoms with van der Waals surface area (Å²) in [4.78, 5) is 15.6. The van der Waals surface area contributed by atoms with Crippen molar-refractivity contribution in [2.75, 3.05) is 26.4 Å². The van der Waals surface area contributed by atoms with Crippen LogP contribution in [0, 0.1) is 13.8 Å². The quantitative estimate of drug-likeness (QED) is 0.248. The second kappa shape index (κ2) is 12.6. The summed E-state index contributed by atoms with van der Waals surface area (Å²) in [7, 11) is 0. The average Bonchev–Trinajstić information content (AvgIpc) is 3.41. The Hall–Kier alpha value is -3.52. The number of aromatic amines is 1. The summed E-state index contributed by atoms with van der Waals surface area (Å²) in [5.41, 5.74) is 5.16. The van der Waals surface area contributed by atoms with Crippen molar-refractivity contribution in [3.05, 3.63) is 58.3 Å². The van der Waals surface area contributed by atoms with Gasteiger partial charge < -0.3 is 24.2 Å². The zero-order valence-corrected chi connectivity index (χ0v) is 24.0. The minimum Gasteiger partial charge on any atom is -0.507 e. The van der Waals surface area contributed by atoms with Crippen molar-refractivity contribution in [1.29, 1.82) is 0 Å². The Morgan fingerprint density at radius 3 is 2.54 bits per heavy atom. The average molecular weight is 536 g/mol. The molecule has 0 radical (unpaired) electrons. The van der Waals surface area contributed by atoms with Crippen LogP contribution in [-0.2, 0) is 4.74 Å². The fourth-order valence-corrected chi connectivity index (χ4v) is 5.18. The van der Waals surface area contributed by atoms with Gasteiger partial charge in [-0.3, -0.25) is 9.89 Å². The van der Waals surface area contributed by atoms with E-state index in [1.165, 1.54) is 0 Å². The number of carbonyl (C=O) groups is 1. The van der Waals surface area contributed by atoms with Crippen LogP contribution >= 0.6 is 0 Å². The molecule has 0 fully saturated rings. The topological polar surface area (TPSA) is 96.9 Å². The number of aromatic nitrogens is 2. The van der Waals surface area contributed by atoms with Crippen LogP contribution < -0.4 is 9.47 Å². The molecule has 1 amide bonds. The Labute approximate surface area is 231 Å². The highest BCUT2D eigenvalue weighted by Gasteiger charge is 2.42. The number of phenolic OH excluding ortho intramolecular Hbond substituents is 1. The summed E-state index contributed by atoms with van der Waals surface area (Å²) in [5, 5.41) is 18.5. The normalized spacial score (nSPS) is 14.8. The Balaban J connectivity index is 1.80. The summed E-state index contributed by atoms with van der Waals surface area (Å²) in [6, 6.07) is 9.21. The highest BCUT2D eigenvalue weighted by Crippen LogP contribution is 2.47. The number of phenols is 1. The van der Waals surface area contributed by atoms with Gasteiger partial charge in [-0.05, 0) is 82.3 Å². The van der Waals surface area contributed by atoms with Crippen molar-refractivity contribution in [3.8, 4) is 28.5 Å². The lowest BCUT2D eigenvalue weighted by Gasteiger charge is -2.27. The molecule has 3 aromatic rings. The number of nitrogens with one attached hydrogen (secondary N) is 1. The van der Waals surface area contributed by atoms with Gasteiger partial charge in [0, 0.05) is 24.3 Å². The maximum Gasteiger partial charge on any atom is 0.273 e. The summed E-state index contributed by atoms with van der Waals surface area (Å²) in [6.07, 6.45) is 2.82. The third-order valence-electron chi connectivity index (χ3n) is 6.89. The number of carbonyl (C=O) groups excluding carboxylic acids is 1. The number of nitrogens with zero attached hydrogens (tertiary/aromatic N) is 2. The molecule has 210 valence electrons. The van der Waals surface area contributed by atoms with Crippen LogP contribution in [-0.4, -0.2) is 58.6 Å². The van der Waals surface area contributed by atoms with Crippen LogP contribution in [0.15, 0.2) is 30.3 Å². The van der Waals surface area contributed by atoms with E-state index in [-0.39, 0.29) is 17.8 Å². The first-order valence-corrected chi connectivity index (χ1v) is 14.0. The molecule has 8 nitrogen and oxygen atoms in total. The fraction of sp³-hybridized carbons (Fsp3) is 0.484. The van der Waals surface area contributed by atoms with Crippen molar-refractivity contribution in [1.82, 2.24) is 15.1 Å². The standard InChI is InChI=1S/C31H41N3O5/c1-7-9-14-39-24-12-11-22(18-25(24)37-8-2)30-27-28(26-21(6)16-20(5)17-23(26)35)32-33-29(27)31(36)34(30)13-10-15-38-19(3)4/h11-12,16-19,30,35H,7-10,13-15H2,1-6H3,(H,32,33). The number of amides is 1. The van der Waals surface area contributed by atoms with Gasteiger partial charge in [-0.15, -0.1) is 0 Å². The molecule has 1 atom stereocenters. The fourth-order valence-electron chi connectivity index (χ4n) is 5.18. The van der Waals surface area contributed by atoms with Crippen LogP contribution in [0.3, 0.4) is 0 Å². The summed E-state index contributed by atoms with van der Waals surface area (Å²) in [6.45, 7) is 14.1. The van der Waals surface area contributed by atoms with Crippen molar-refractivity contribution < 1.29 is 24.1 Å². The minimum atomic E-state index is -0.413. The predicted molar refractivity (Wildman–Crippen MR) is 152 cm³/mol. The third kappa shape index (κ3) is 6.06. The van der Waals surface area contributed by atoms with Crippen molar-refractivity contribution in [3.63, 3.8) is 0 Å². The predicted octanol–water partition coefficient (Wildman–Crippen LogP) is 6.34. The van der Waals surface area contributed by atoms with Crippen molar-refractivity contribution in [2.24, 2.45) is 0 Å². The Morgan fingerprint density at radius 2 is 1.85 bits per heavy atom. The Kier molecular flexibility index (Phi) is 9.17. The monoisotopic (exact) mass is 535 g/mol. The van der Waals surface area contributed by atoms with Gasteiger partial charge in [0.25, 0.3) is 5.91 Å². The highest BCUT2D eigenvalue weighted by molar-refractivity contribution is 6.00. The number of ether oxygens (including phenoxy) is 3. The molecule has 39 heavy (non-hydrogen) atoms. The molecule has 0 spiro atoms. The van der Waals surface area contributed by atoms with E-state index in [1.54, 1.807) is 6.07 Å². The van der Waals surface area contributed by atoms with E-state index in [2.05, 4.69) is 17.1 Å². The molecule has 1 aromatic heterocycles. The Bertz CT molecular complexity index is 1280. The first-order valence-electron chi connectivity index (χ1n) is 14.0. The van der Waals surface area contributed by atoms with E-state index in [1.807, 2.05) is 63.8 Å². The molecule has 1 aliphatic heterocycles. The number of H-pyrrole nitrogens is 1. The molecule has 2 aromatic carbocycles. The number of hydrogen-bond donors (Lipinski definition) is 2. The van der Waals surface area contributed by atoms with Crippen LogP contribution in [0.4, 0.5) is 0 Å². The smallest absolute Gasteiger partial charge is 0.273 e. The number of hydrogen-bond acceptors (Lipinski definition) is 6. The first-order chi connectivity index (χ1) is 18.8. The molecule has 0 saturated heterocycles. The zero-order chi connectivity index (χ0) is 28.1. The SMILES string of the molecule is CCCCOc1ccc(C2c3c(-c4c(C)cc(C)cc4O)n[nH]c3C(=O)N2CCCOC(C)C)cc1OCC. The third-order valence-corrected chi connectivity index (χ3v) is 6.89. The van der Waals surface area contributed by atoms with Gasteiger partial charge in [0.2, 0.25) is 0 Å². The molecule has 1 unspecified atom stereocenters. The molecule has 4 rings (SSSR count). The number of fused-ring (bicyclic) bond motifs is 1. The second-order valence-electron chi connectivity index (χ2n) is 10.4.